The zero-order valence-corrected chi connectivity index (χ0v) is 13.5. The molecule has 1 aromatic heterocycles. The topological polar surface area (TPSA) is 84.3 Å². The standard InChI is InChI=1S/C15H18N4O3S/c1-23(21,22)19-10-3-7-14(19)15(20)17-12-5-2-6-13(11-12)18-9-4-8-16-18/h2,4-6,8-9,11,14H,3,7,10H2,1H3,(H,17,20). The van der Waals surface area contributed by atoms with E-state index in [0.29, 0.717) is 25.1 Å². The number of nitrogens with one attached hydrogen (secondary N) is 1. The molecule has 1 aliphatic heterocycles. The number of sulfonamides is 1. The van der Waals surface area contributed by atoms with Gasteiger partial charge in [0.25, 0.3) is 0 Å². The summed E-state index contributed by atoms with van der Waals surface area (Å²) >= 11 is 0. The van der Waals surface area contributed by atoms with E-state index >= 15 is 0 Å². The van der Waals surface area contributed by atoms with Crippen molar-refractivity contribution in [3.05, 3.63) is 42.7 Å². The van der Waals surface area contributed by atoms with Gasteiger partial charge in [0.1, 0.15) is 6.04 Å². The molecule has 8 heteroatoms. The van der Waals surface area contributed by atoms with Gasteiger partial charge in [0.2, 0.25) is 15.9 Å². The predicted molar refractivity (Wildman–Crippen MR) is 86.8 cm³/mol. The number of anilines is 1. The van der Waals surface area contributed by atoms with Crippen molar-refractivity contribution in [3.8, 4) is 5.69 Å². The lowest BCUT2D eigenvalue weighted by atomic mass is 10.2. The largest absolute Gasteiger partial charge is 0.325 e. The minimum atomic E-state index is -3.37. The fraction of sp³-hybridized carbons (Fsp3) is 0.333. The average Bonchev–Trinajstić information content (AvgIpc) is 3.18. The molecular weight excluding hydrogens is 316 g/mol. The summed E-state index contributed by atoms with van der Waals surface area (Å²) in [7, 11) is -3.37. The van der Waals surface area contributed by atoms with Gasteiger partial charge in [0, 0.05) is 24.6 Å². The van der Waals surface area contributed by atoms with Crippen LogP contribution >= 0.6 is 0 Å². The normalized spacial score (nSPS) is 18.9. The van der Waals surface area contributed by atoms with E-state index < -0.39 is 16.1 Å². The third-order valence-electron chi connectivity index (χ3n) is 3.81. The Kier molecular flexibility index (Phi) is 4.18. The summed E-state index contributed by atoms with van der Waals surface area (Å²) in [6.07, 6.45) is 5.85. The van der Waals surface area contributed by atoms with Crippen molar-refractivity contribution in [1.82, 2.24) is 14.1 Å². The maximum atomic E-state index is 12.4. The van der Waals surface area contributed by atoms with Crippen LogP contribution in [0.25, 0.3) is 5.69 Å². The fourth-order valence-electron chi connectivity index (χ4n) is 2.77. The van der Waals surface area contributed by atoms with Crippen molar-refractivity contribution in [2.45, 2.75) is 18.9 Å². The third-order valence-corrected chi connectivity index (χ3v) is 5.10. The number of amides is 1. The van der Waals surface area contributed by atoms with Crippen LogP contribution in [0.3, 0.4) is 0 Å². The summed E-state index contributed by atoms with van der Waals surface area (Å²) in [6, 6.07) is 8.43. The third kappa shape index (κ3) is 3.43. The van der Waals surface area contributed by atoms with E-state index in [9.17, 15) is 13.2 Å². The van der Waals surface area contributed by atoms with Crippen LogP contribution in [0.1, 0.15) is 12.8 Å². The van der Waals surface area contributed by atoms with Gasteiger partial charge in [-0.3, -0.25) is 4.79 Å². The van der Waals surface area contributed by atoms with Crippen molar-refractivity contribution >= 4 is 21.6 Å². The van der Waals surface area contributed by atoms with E-state index in [1.54, 1.807) is 23.0 Å². The molecule has 1 aliphatic rings. The zero-order chi connectivity index (χ0) is 16.4. The summed E-state index contributed by atoms with van der Waals surface area (Å²) in [4.78, 5) is 12.4. The van der Waals surface area contributed by atoms with Crippen molar-refractivity contribution in [3.63, 3.8) is 0 Å². The van der Waals surface area contributed by atoms with Crippen molar-refractivity contribution in [1.29, 1.82) is 0 Å². The van der Waals surface area contributed by atoms with Crippen LogP contribution in [0.4, 0.5) is 5.69 Å². The minimum absolute atomic E-state index is 0.300. The molecule has 0 aliphatic carbocycles. The highest BCUT2D eigenvalue weighted by Gasteiger charge is 2.36. The van der Waals surface area contributed by atoms with E-state index in [1.807, 2.05) is 24.4 Å². The van der Waals surface area contributed by atoms with Crippen LogP contribution in [0.5, 0.6) is 0 Å². The quantitative estimate of drug-likeness (QED) is 0.911. The molecule has 1 fully saturated rings. The van der Waals surface area contributed by atoms with Crippen LogP contribution < -0.4 is 5.32 Å². The Bertz CT molecular complexity index is 802. The number of rotatable bonds is 4. The monoisotopic (exact) mass is 334 g/mol. The fourth-order valence-corrected chi connectivity index (χ4v) is 3.90. The molecule has 2 heterocycles. The smallest absolute Gasteiger partial charge is 0.242 e. The van der Waals surface area contributed by atoms with Gasteiger partial charge < -0.3 is 5.32 Å². The van der Waals surface area contributed by atoms with Crippen molar-refractivity contribution < 1.29 is 13.2 Å². The highest BCUT2D eigenvalue weighted by Crippen LogP contribution is 2.22. The first-order chi connectivity index (χ1) is 10.9. The number of benzene rings is 1. The van der Waals surface area contributed by atoms with Crippen LogP contribution in [-0.4, -0.2) is 47.3 Å². The molecule has 1 saturated heterocycles. The van der Waals surface area contributed by atoms with Gasteiger partial charge in [-0.2, -0.15) is 9.40 Å². The highest BCUT2D eigenvalue weighted by molar-refractivity contribution is 7.88. The van der Waals surface area contributed by atoms with Gasteiger partial charge in [-0.15, -0.1) is 0 Å². The lowest BCUT2D eigenvalue weighted by molar-refractivity contribution is -0.119. The molecule has 1 aromatic carbocycles. The Balaban J connectivity index is 1.77. The summed E-state index contributed by atoms with van der Waals surface area (Å²) in [6.45, 7) is 0.393. The summed E-state index contributed by atoms with van der Waals surface area (Å²) < 4.78 is 26.4. The molecule has 23 heavy (non-hydrogen) atoms. The summed E-state index contributed by atoms with van der Waals surface area (Å²) in [5, 5.41) is 6.95. The van der Waals surface area contributed by atoms with Gasteiger partial charge in [0.15, 0.2) is 0 Å². The Labute approximate surface area is 135 Å². The second-order valence-electron chi connectivity index (χ2n) is 5.52. The lowest BCUT2D eigenvalue weighted by Gasteiger charge is -2.21. The molecule has 3 rings (SSSR count). The second kappa shape index (κ2) is 6.13. The molecule has 122 valence electrons. The molecule has 0 bridgehead atoms. The number of hydrogen-bond donors (Lipinski definition) is 1. The van der Waals surface area contributed by atoms with Gasteiger partial charge in [-0.25, -0.2) is 13.1 Å². The Morgan fingerprint density at radius 3 is 2.87 bits per heavy atom. The van der Waals surface area contributed by atoms with E-state index in [0.717, 1.165) is 11.9 Å². The minimum Gasteiger partial charge on any atom is -0.325 e. The molecule has 7 nitrogen and oxygen atoms in total. The number of carbonyl (C=O) groups excluding carboxylic acids is 1. The summed E-state index contributed by atoms with van der Waals surface area (Å²) in [5.74, 6) is -0.300. The highest BCUT2D eigenvalue weighted by atomic mass is 32.2. The molecule has 1 amide bonds. The molecule has 0 spiro atoms. The maximum absolute atomic E-state index is 12.4. The van der Waals surface area contributed by atoms with E-state index in [-0.39, 0.29) is 5.91 Å². The van der Waals surface area contributed by atoms with Crippen LogP contribution in [0.15, 0.2) is 42.7 Å². The second-order valence-corrected chi connectivity index (χ2v) is 7.46. The van der Waals surface area contributed by atoms with Gasteiger partial charge in [-0.05, 0) is 37.1 Å². The summed E-state index contributed by atoms with van der Waals surface area (Å²) in [5.41, 5.74) is 1.43. The van der Waals surface area contributed by atoms with Crippen molar-refractivity contribution in [2.24, 2.45) is 0 Å². The van der Waals surface area contributed by atoms with Gasteiger partial charge in [0.05, 0.1) is 11.9 Å². The molecule has 2 aromatic rings. The molecule has 1 atom stereocenters. The number of carbonyl (C=O) groups is 1. The maximum Gasteiger partial charge on any atom is 0.242 e. The first-order valence-corrected chi connectivity index (χ1v) is 9.18. The molecule has 0 saturated carbocycles. The van der Waals surface area contributed by atoms with E-state index in [1.165, 1.54) is 4.31 Å². The molecule has 0 radical (unpaired) electrons. The number of hydrogen-bond acceptors (Lipinski definition) is 4. The van der Waals surface area contributed by atoms with E-state index in [2.05, 4.69) is 10.4 Å². The average molecular weight is 334 g/mol. The van der Waals surface area contributed by atoms with Crippen LogP contribution in [0.2, 0.25) is 0 Å². The van der Waals surface area contributed by atoms with Crippen LogP contribution in [0, 0.1) is 0 Å². The number of nitrogens with zero attached hydrogens (tertiary/aromatic N) is 3. The molecule has 1 unspecified atom stereocenters. The zero-order valence-electron chi connectivity index (χ0n) is 12.7. The number of aromatic nitrogens is 2. The predicted octanol–water partition coefficient (Wildman–Crippen LogP) is 1.23. The lowest BCUT2D eigenvalue weighted by Crippen LogP contribution is -2.42. The Morgan fingerprint density at radius 2 is 2.17 bits per heavy atom. The SMILES string of the molecule is CS(=O)(=O)N1CCCC1C(=O)Nc1cccc(-n2cccn2)c1. The Morgan fingerprint density at radius 1 is 1.35 bits per heavy atom. The van der Waals surface area contributed by atoms with Gasteiger partial charge >= 0.3 is 0 Å². The first-order valence-electron chi connectivity index (χ1n) is 7.33. The van der Waals surface area contributed by atoms with Gasteiger partial charge in [-0.1, -0.05) is 6.07 Å². The molecular formula is C15H18N4O3S. The first kappa shape index (κ1) is 15.7. The van der Waals surface area contributed by atoms with E-state index in [4.69, 9.17) is 0 Å². The van der Waals surface area contributed by atoms with Crippen LogP contribution in [-0.2, 0) is 14.8 Å². The Hall–Kier alpha value is -2.19. The van der Waals surface area contributed by atoms with Crippen molar-refractivity contribution in [2.75, 3.05) is 18.1 Å². The molecule has 1 N–H and O–H groups in total.